The summed E-state index contributed by atoms with van der Waals surface area (Å²) in [5, 5.41) is 21.3. The fraction of sp³-hybridized carbons (Fsp3) is 0.200. The van der Waals surface area contributed by atoms with Gasteiger partial charge in [0.15, 0.2) is 4.34 Å². The van der Waals surface area contributed by atoms with Gasteiger partial charge in [0.2, 0.25) is 5.13 Å². The molecular formula is C30H25Cl2N3O4S2. The molecule has 4 aromatic rings. The van der Waals surface area contributed by atoms with Crippen molar-refractivity contribution in [2.45, 2.75) is 35.9 Å². The molecule has 0 unspecified atom stereocenters. The van der Waals surface area contributed by atoms with Gasteiger partial charge in [-0.3, -0.25) is 14.5 Å². The lowest BCUT2D eigenvalue weighted by Crippen LogP contribution is -2.29. The van der Waals surface area contributed by atoms with Crippen molar-refractivity contribution in [3.8, 4) is 5.75 Å². The number of nitrogens with zero attached hydrogens (tertiary/aromatic N) is 3. The Balaban J connectivity index is 1.49. The van der Waals surface area contributed by atoms with E-state index in [4.69, 9.17) is 27.9 Å². The largest absolute Gasteiger partial charge is 0.507 e. The maximum absolute atomic E-state index is 13.4. The van der Waals surface area contributed by atoms with E-state index in [0.29, 0.717) is 43.6 Å². The van der Waals surface area contributed by atoms with E-state index in [1.807, 2.05) is 24.3 Å². The van der Waals surface area contributed by atoms with Gasteiger partial charge in [-0.25, -0.2) is 0 Å². The molecule has 1 aliphatic rings. The number of hydrogen-bond acceptors (Lipinski definition) is 8. The number of carbonyl (C=O) groups excluding carboxylic acids is 2. The highest BCUT2D eigenvalue weighted by molar-refractivity contribution is 8.00. The monoisotopic (exact) mass is 625 g/mol. The second-order valence-electron chi connectivity index (χ2n) is 9.18. The number of halogens is 2. The first-order valence-electron chi connectivity index (χ1n) is 12.9. The number of ether oxygens (including phenoxy) is 1. The fourth-order valence-corrected chi connectivity index (χ4v) is 6.58. The van der Waals surface area contributed by atoms with Crippen LogP contribution in [0.4, 0.5) is 5.13 Å². The summed E-state index contributed by atoms with van der Waals surface area (Å²) in [6.07, 6.45) is 1.94. The number of aliphatic hydroxyl groups is 1. The molecule has 1 atom stereocenters. The van der Waals surface area contributed by atoms with Crippen molar-refractivity contribution in [2.24, 2.45) is 0 Å². The first-order chi connectivity index (χ1) is 19.9. The smallest absolute Gasteiger partial charge is 0.301 e. The number of Topliss-reactive ketones (excluding diaryl/α,β-unsaturated/α-hetero) is 1. The number of amides is 1. The van der Waals surface area contributed by atoms with Crippen LogP contribution in [0.25, 0.3) is 5.76 Å². The van der Waals surface area contributed by atoms with Crippen LogP contribution in [0.2, 0.25) is 10.0 Å². The number of aliphatic hydroxyl groups excluding tert-OH is 1. The number of aromatic nitrogens is 2. The molecule has 1 fully saturated rings. The van der Waals surface area contributed by atoms with Gasteiger partial charge in [-0.15, -0.1) is 10.2 Å². The summed E-state index contributed by atoms with van der Waals surface area (Å²) in [5.74, 6) is -0.688. The van der Waals surface area contributed by atoms with Crippen molar-refractivity contribution in [3.05, 3.63) is 105 Å². The average molecular weight is 627 g/mol. The van der Waals surface area contributed by atoms with E-state index < -0.39 is 17.7 Å². The summed E-state index contributed by atoms with van der Waals surface area (Å²) >= 11 is 15.0. The molecule has 1 N–H and O–H groups in total. The molecule has 3 aromatic carbocycles. The Morgan fingerprint density at radius 3 is 2.46 bits per heavy atom. The number of hydrogen-bond donors (Lipinski definition) is 1. The van der Waals surface area contributed by atoms with Gasteiger partial charge in [0.1, 0.15) is 11.5 Å². The van der Waals surface area contributed by atoms with E-state index in [1.165, 1.54) is 28.0 Å². The highest BCUT2D eigenvalue weighted by Gasteiger charge is 2.48. The van der Waals surface area contributed by atoms with Gasteiger partial charge in [0.25, 0.3) is 5.78 Å². The maximum Gasteiger partial charge on any atom is 0.301 e. The number of carbonyl (C=O) groups is 2. The first-order valence-corrected chi connectivity index (χ1v) is 15.4. The summed E-state index contributed by atoms with van der Waals surface area (Å²) in [6.45, 7) is 2.67. The van der Waals surface area contributed by atoms with Crippen LogP contribution in [-0.2, 0) is 15.3 Å². The van der Waals surface area contributed by atoms with Crippen molar-refractivity contribution >= 4 is 68.9 Å². The standard InChI is InChI=1S/C30H25Cl2N3O4S2/c1-2-3-16-39-22-14-10-19(11-15-22)26(36)24-25(18-8-12-21(31)13-9-18)35(28(38)27(24)37)29-33-34-30(41-29)40-17-20-6-4-5-7-23(20)32/h4-15,25,36H,2-3,16-17H2,1H3/t25-/m1/s1. The maximum atomic E-state index is 13.4. The number of unbranched alkanes of at least 4 members (excludes halogenated alkanes) is 1. The minimum atomic E-state index is -0.929. The Morgan fingerprint density at radius 1 is 1.02 bits per heavy atom. The topological polar surface area (TPSA) is 92.6 Å². The molecular weight excluding hydrogens is 601 g/mol. The van der Waals surface area contributed by atoms with Crippen LogP contribution in [0.1, 0.15) is 42.5 Å². The van der Waals surface area contributed by atoms with Gasteiger partial charge in [-0.1, -0.05) is 90.0 Å². The van der Waals surface area contributed by atoms with E-state index in [9.17, 15) is 14.7 Å². The Bertz CT molecular complexity index is 1590. The van der Waals surface area contributed by atoms with Crippen LogP contribution in [0.3, 0.4) is 0 Å². The number of ketones is 1. The lowest BCUT2D eigenvalue weighted by atomic mass is 9.95. The molecule has 0 aliphatic carbocycles. The quantitative estimate of drug-likeness (QED) is 0.0477. The summed E-state index contributed by atoms with van der Waals surface area (Å²) in [4.78, 5) is 28.2. The van der Waals surface area contributed by atoms with E-state index in [-0.39, 0.29) is 16.5 Å². The SMILES string of the molecule is CCCCOc1ccc(C(O)=C2C(=O)C(=O)N(c3nnc(SCc4ccccc4Cl)s3)[C@@H]2c2ccc(Cl)cc2)cc1. The van der Waals surface area contributed by atoms with Gasteiger partial charge in [0.05, 0.1) is 18.2 Å². The zero-order chi connectivity index (χ0) is 28.9. The first kappa shape index (κ1) is 29.1. The lowest BCUT2D eigenvalue weighted by Gasteiger charge is -2.22. The third-order valence-corrected chi connectivity index (χ3v) is 9.16. The highest BCUT2D eigenvalue weighted by Crippen LogP contribution is 2.44. The third kappa shape index (κ3) is 6.43. The third-order valence-electron chi connectivity index (χ3n) is 6.44. The van der Waals surface area contributed by atoms with Crippen LogP contribution in [-0.4, -0.2) is 33.6 Å². The molecule has 0 saturated carbocycles. The van der Waals surface area contributed by atoms with Gasteiger partial charge < -0.3 is 9.84 Å². The van der Waals surface area contributed by atoms with E-state index >= 15 is 0 Å². The summed E-state index contributed by atoms with van der Waals surface area (Å²) in [6, 6.07) is 20.2. The fourth-order valence-electron chi connectivity index (χ4n) is 4.30. The van der Waals surface area contributed by atoms with Gasteiger partial charge in [-0.05, 0) is 60.0 Å². The van der Waals surface area contributed by atoms with Crippen LogP contribution in [0.5, 0.6) is 5.75 Å². The van der Waals surface area contributed by atoms with Crippen molar-refractivity contribution in [3.63, 3.8) is 0 Å². The molecule has 41 heavy (non-hydrogen) atoms. The van der Waals surface area contributed by atoms with Crippen LogP contribution < -0.4 is 9.64 Å². The van der Waals surface area contributed by atoms with Crippen molar-refractivity contribution in [2.75, 3.05) is 11.5 Å². The highest BCUT2D eigenvalue weighted by atomic mass is 35.5. The molecule has 210 valence electrons. The number of benzene rings is 3. The molecule has 1 saturated heterocycles. The zero-order valence-corrected chi connectivity index (χ0v) is 25.1. The molecule has 1 aromatic heterocycles. The molecule has 1 aliphatic heterocycles. The number of rotatable bonds is 10. The predicted molar refractivity (Wildman–Crippen MR) is 164 cm³/mol. The van der Waals surface area contributed by atoms with Gasteiger partial charge in [0, 0.05) is 21.4 Å². The Kier molecular flexibility index (Phi) is 9.29. The van der Waals surface area contributed by atoms with E-state index in [0.717, 1.165) is 18.4 Å². The molecule has 7 nitrogen and oxygen atoms in total. The number of thioether (sulfide) groups is 1. The average Bonchev–Trinajstić information content (AvgIpc) is 3.55. The summed E-state index contributed by atoms with van der Waals surface area (Å²) in [5.41, 5.74) is 1.88. The van der Waals surface area contributed by atoms with Gasteiger partial charge >= 0.3 is 5.91 Å². The van der Waals surface area contributed by atoms with Crippen LogP contribution >= 0.6 is 46.3 Å². The van der Waals surface area contributed by atoms with Crippen LogP contribution in [0, 0.1) is 0 Å². The van der Waals surface area contributed by atoms with Crippen molar-refractivity contribution < 1.29 is 19.4 Å². The minimum absolute atomic E-state index is 0.0440. The lowest BCUT2D eigenvalue weighted by molar-refractivity contribution is -0.132. The molecule has 1 amide bonds. The Labute approximate surface area is 255 Å². The zero-order valence-electron chi connectivity index (χ0n) is 21.9. The summed E-state index contributed by atoms with van der Waals surface area (Å²) < 4.78 is 6.32. The molecule has 2 heterocycles. The van der Waals surface area contributed by atoms with Gasteiger partial charge in [-0.2, -0.15) is 0 Å². The van der Waals surface area contributed by atoms with E-state index in [2.05, 4.69) is 17.1 Å². The molecule has 0 spiro atoms. The van der Waals surface area contributed by atoms with Crippen molar-refractivity contribution in [1.82, 2.24) is 10.2 Å². The molecule has 0 bridgehead atoms. The molecule has 11 heteroatoms. The van der Waals surface area contributed by atoms with Crippen molar-refractivity contribution in [1.29, 1.82) is 0 Å². The van der Waals surface area contributed by atoms with E-state index in [1.54, 1.807) is 48.5 Å². The second-order valence-corrected chi connectivity index (χ2v) is 12.2. The molecule has 0 radical (unpaired) electrons. The second kappa shape index (κ2) is 13.1. The predicted octanol–water partition coefficient (Wildman–Crippen LogP) is 7.94. The molecule has 5 rings (SSSR count). The van der Waals surface area contributed by atoms with Crippen LogP contribution in [0.15, 0.2) is 82.7 Å². The normalized spacial score (nSPS) is 16.4. The summed E-state index contributed by atoms with van der Waals surface area (Å²) in [7, 11) is 0. The number of anilines is 1. The minimum Gasteiger partial charge on any atom is -0.507 e. The Morgan fingerprint density at radius 2 is 1.76 bits per heavy atom. The Hall–Kier alpha value is -3.37.